The number of carbonyl (C=O) groups excluding carboxylic acids is 3. The Hall–Kier alpha value is -3.15. The van der Waals surface area contributed by atoms with Crippen LogP contribution >= 0.6 is 0 Å². The van der Waals surface area contributed by atoms with Gasteiger partial charge in [-0.25, -0.2) is 0 Å². The number of nitrogens with one attached hydrogen (secondary N) is 2. The van der Waals surface area contributed by atoms with Crippen LogP contribution in [-0.4, -0.2) is 24.3 Å². The van der Waals surface area contributed by atoms with Crippen molar-refractivity contribution in [1.82, 2.24) is 5.32 Å². The van der Waals surface area contributed by atoms with Crippen molar-refractivity contribution < 1.29 is 14.4 Å². The highest BCUT2D eigenvalue weighted by Gasteiger charge is 2.22. The molecule has 0 aromatic heterocycles. The minimum Gasteiger partial charge on any atom is -0.344 e. The highest BCUT2D eigenvalue weighted by molar-refractivity contribution is 6.39. The van der Waals surface area contributed by atoms with Crippen LogP contribution in [0.4, 0.5) is 11.4 Å². The van der Waals surface area contributed by atoms with Gasteiger partial charge in [-0.1, -0.05) is 36.4 Å². The van der Waals surface area contributed by atoms with Crippen LogP contribution in [0.1, 0.15) is 18.4 Å². The van der Waals surface area contributed by atoms with Crippen molar-refractivity contribution in [3.8, 4) is 0 Å². The van der Waals surface area contributed by atoms with Gasteiger partial charge in [-0.15, -0.1) is 0 Å². The predicted molar refractivity (Wildman–Crippen MR) is 94.9 cm³/mol. The number of hydrogen-bond donors (Lipinski definition) is 2. The standard InChI is InChI=1S/C19H19N3O3/c23-17-10-5-11-22(17)16-9-4-8-15(12-16)21-19(25)18(24)20-13-14-6-2-1-3-7-14/h1-4,6-9,12H,5,10-11,13H2,(H,20,24)(H,21,25). The first-order chi connectivity index (χ1) is 12.1. The Labute approximate surface area is 145 Å². The van der Waals surface area contributed by atoms with Gasteiger partial charge in [0.05, 0.1) is 0 Å². The van der Waals surface area contributed by atoms with Crippen molar-refractivity contribution in [3.63, 3.8) is 0 Å². The number of rotatable bonds is 4. The average Bonchev–Trinajstić information content (AvgIpc) is 3.06. The first-order valence-corrected chi connectivity index (χ1v) is 8.17. The normalized spacial score (nSPS) is 13.6. The van der Waals surface area contributed by atoms with E-state index >= 15 is 0 Å². The third-order valence-corrected chi connectivity index (χ3v) is 3.99. The van der Waals surface area contributed by atoms with E-state index in [1.54, 1.807) is 23.1 Å². The number of benzene rings is 2. The maximum Gasteiger partial charge on any atom is 0.313 e. The SMILES string of the molecule is O=C(NCc1ccccc1)C(=O)Nc1cccc(N2CCCC2=O)c1. The molecule has 1 aliphatic heterocycles. The van der Waals surface area contributed by atoms with Crippen LogP contribution in [0.25, 0.3) is 0 Å². The molecule has 0 radical (unpaired) electrons. The van der Waals surface area contributed by atoms with E-state index < -0.39 is 11.8 Å². The fraction of sp³-hybridized carbons (Fsp3) is 0.211. The van der Waals surface area contributed by atoms with E-state index in [4.69, 9.17) is 0 Å². The molecule has 6 heteroatoms. The van der Waals surface area contributed by atoms with Crippen LogP contribution in [0.5, 0.6) is 0 Å². The maximum atomic E-state index is 12.0. The molecular weight excluding hydrogens is 318 g/mol. The van der Waals surface area contributed by atoms with Crippen LogP contribution in [-0.2, 0) is 20.9 Å². The second-order valence-corrected chi connectivity index (χ2v) is 5.82. The van der Waals surface area contributed by atoms with E-state index in [0.717, 1.165) is 17.7 Å². The molecule has 0 bridgehead atoms. The number of anilines is 2. The first kappa shape index (κ1) is 16.7. The Morgan fingerprint density at radius 1 is 1.00 bits per heavy atom. The van der Waals surface area contributed by atoms with Crippen LogP contribution in [0.2, 0.25) is 0 Å². The van der Waals surface area contributed by atoms with E-state index in [2.05, 4.69) is 10.6 Å². The lowest BCUT2D eigenvalue weighted by atomic mass is 10.2. The maximum absolute atomic E-state index is 12.0. The fourth-order valence-corrected chi connectivity index (χ4v) is 2.72. The summed E-state index contributed by atoms with van der Waals surface area (Å²) in [7, 11) is 0. The lowest BCUT2D eigenvalue weighted by molar-refractivity contribution is -0.136. The molecule has 0 atom stereocenters. The summed E-state index contributed by atoms with van der Waals surface area (Å²) in [6.07, 6.45) is 1.37. The molecule has 0 saturated carbocycles. The van der Waals surface area contributed by atoms with E-state index in [1.165, 1.54) is 0 Å². The smallest absolute Gasteiger partial charge is 0.313 e. The Kier molecular flexibility index (Phi) is 5.09. The molecule has 0 aliphatic carbocycles. The van der Waals surface area contributed by atoms with Gasteiger partial charge in [0, 0.05) is 30.9 Å². The lowest BCUT2D eigenvalue weighted by Gasteiger charge is -2.16. The average molecular weight is 337 g/mol. The van der Waals surface area contributed by atoms with Crippen molar-refractivity contribution in [1.29, 1.82) is 0 Å². The minimum atomic E-state index is -0.735. The molecule has 0 unspecified atom stereocenters. The zero-order valence-corrected chi connectivity index (χ0v) is 13.7. The van der Waals surface area contributed by atoms with Gasteiger partial charge in [0.1, 0.15) is 0 Å². The molecule has 1 saturated heterocycles. The Balaban J connectivity index is 1.59. The van der Waals surface area contributed by atoms with Gasteiger partial charge in [-0.05, 0) is 30.2 Å². The number of amides is 3. The summed E-state index contributed by atoms with van der Waals surface area (Å²) < 4.78 is 0. The van der Waals surface area contributed by atoms with Crippen molar-refractivity contribution in [2.45, 2.75) is 19.4 Å². The highest BCUT2D eigenvalue weighted by atomic mass is 16.2. The molecule has 2 aromatic rings. The van der Waals surface area contributed by atoms with E-state index in [0.29, 0.717) is 18.7 Å². The molecule has 128 valence electrons. The zero-order chi connectivity index (χ0) is 17.6. The fourth-order valence-electron chi connectivity index (χ4n) is 2.72. The highest BCUT2D eigenvalue weighted by Crippen LogP contribution is 2.24. The zero-order valence-electron chi connectivity index (χ0n) is 13.7. The summed E-state index contributed by atoms with van der Waals surface area (Å²) in [5, 5.41) is 5.15. The van der Waals surface area contributed by atoms with Crippen LogP contribution < -0.4 is 15.5 Å². The van der Waals surface area contributed by atoms with Gasteiger partial charge >= 0.3 is 11.8 Å². The Morgan fingerprint density at radius 2 is 1.80 bits per heavy atom. The second kappa shape index (κ2) is 7.61. The molecule has 1 aliphatic rings. The minimum absolute atomic E-state index is 0.0732. The Morgan fingerprint density at radius 3 is 2.52 bits per heavy atom. The van der Waals surface area contributed by atoms with E-state index in [9.17, 15) is 14.4 Å². The molecule has 2 aromatic carbocycles. The summed E-state index contributed by atoms with van der Waals surface area (Å²) in [4.78, 5) is 37.4. The van der Waals surface area contributed by atoms with E-state index in [1.807, 2.05) is 36.4 Å². The molecule has 1 fully saturated rings. The number of nitrogens with zero attached hydrogens (tertiary/aromatic N) is 1. The monoisotopic (exact) mass is 337 g/mol. The van der Waals surface area contributed by atoms with Gasteiger partial charge in [0.2, 0.25) is 5.91 Å². The largest absolute Gasteiger partial charge is 0.344 e. The first-order valence-electron chi connectivity index (χ1n) is 8.17. The topological polar surface area (TPSA) is 78.5 Å². The Bertz CT molecular complexity index is 790. The number of hydrogen-bond acceptors (Lipinski definition) is 3. The summed E-state index contributed by atoms with van der Waals surface area (Å²) in [5.74, 6) is -1.36. The van der Waals surface area contributed by atoms with Crippen LogP contribution in [0, 0.1) is 0 Å². The summed E-state index contributed by atoms with van der Waals surface area (Å²) >= 11 is 0. The van der Waals surface area contributed by atoms with Crippen molar-refractivity contribution in [2.75, 3.05) is 16.8 Å². The lowest BCUT2D eigenvalue weighted by Crippen LogP contribution is -2.35. The summed E-state index contributed by atoms with van der Waals surface area (Å²) in [5.41, 5.74) is 2.13. The van der Waals surface area contributed by atoms with Crippen molar-refractivity contribution >= 4 is 29.1 Å². The van der Waals surface area contributed by atoms with Gasteiger partial charge in [-0.3, -0.25) is 14.4 Å². The third-order valence-electron chi connectivity index (χ3n) is 3.99. The number of carbonyl (C=O) groups is 3. The molecule has 25 heavy (non-hydrogen) atoms. The molecule has 3 amide bonds. The molecule has 1 heterocycles. The van der Waals surface area contributed by atoms with E-state index in [-0.39, 0.29) is 12.5 Å². The van der Waals surface area contributed by atoms with Gasteiger partial charge < -0.3 is 15.5 Å². The van der Waals surface area contributed by atoms with Gasteiger partial charge in [-0.2, -0.15) is 0 Å². The van der Waals surface area contributed by atoms with Crippen LogP contribution in [0.3, 0.4) is 0 Å². The molecule has 6 nitrogen and oxygen atoms in total. The third kappa shape index (κ3) is 4.23. The molecule has 2 N–H and O–H groups in total. The summed E-state index contributed by atoms with van der Waals surface area (Å²) in [6, 6.07) is 16.3. The van der Waals surface area contributed by atoms with Gasteiger partial charge in [0.25, 0.3) is 0 Å². The quantitative estimate of drug-likeness (QED) is 0.838. The van der Waals surface area contributed by atoms with Gasteiger partial charge in [0.15, 0.2) is 0 Å². The van der Waals surface area contributed by atoms with Crippen molar-refractivity contribution in [3.05, 3.63) is 60.2 Å². The summed E-state index contributed by atoms with van der Waals surface area (Å²) in [6.45, 7) is 0.962. The predicted octanol–water partition coefficient (Wildman–Crippen LogP) is 2.07. The van der Waals surface area contributed by atoms with Crippen LogP contribution in [0.15, 0.2) is 54.6 Å². The second-order valence-electron chi connectivity index (χ2n) is 5.82. The molecule has 3 rings (SSSR count). The molecular formula is C19H19N3O3. The van der Waals surface area contributed by atoms with Crippen molar-refractivity contribution in [2.24, 2.45) is 0 Å². The molecule has 0 spiro atoms.